The Labute approximate surface area is 148 Å². The minimum atomic E-state index is 0.155. The van der Waals surface area contributed by atoms with Crippen molar-refractivity contribution in [3.63, 3.8) is 0 Å². The van der Waals surface area contributed by atoms with Crippen molar-refractivity contribution in [2.45, 2.75) is 6.54 Å². The highest BCUT2D eigenvalue weighted by Crippen LogP contribution is 2.28. The number of rotatable bonds is 5. The molecule has 0 saturated carbocycles. The number of imidazole rings is 1. The summed E-state index contributed by atoms with van der Waals surface area (Å²) in [5, 5.41) is 7.51. The van der Waals surface area contributed by atoms with E-state index in [-0.39, 0.29) is 5.82 Å². The van der Waals surface area contributed by atoms with Crippen LogP contribution in [0.4, 0.5) is 5.82 Å². The third kappa shape index (κ3) is 2.57. The van der Waals surface area contributed by atoms with Gasteiger partial charge in [-0.05, 0) is 46.2 Å². The normalized spacial score (nSPS) is 11.0. The average molecular weight is 349 g/mol. The van der Waals surface area contributed by atoms with Crippen LogP contribution in [0, 0.1) is 0 Å². The van der Waals surface area contributed by atoms with Crippen molar-refractivity contribution >= 4 is 23.1 Å². The summed E-state index contributed by atoms with van der Waals surface area (Å²) < 4.78 is 11.9. The Morgan fingerprint density at radius 2 is 2.08 bits per heavy atom. The largest absolute Gasteiger partial charge is 0.497 e. The van der Waals surface area contributed by atoms with Crippen LogP contribution in [0.25, 0.3) is 22.6 Å². The lowest BCUT2D eigenvalue weighted by Crippen LogP contribution is -2.06. The Kier molecular flexibility index (Phi) is 3.85. The second-order valence-electron chi connectivity index (χ2n) is 5.69. The fraction of sp³-hybridized carbons (Fsp3) is 0.111. The molecule has 0 aliphatic heterocycles. The number of fused-ring (bicyclic) bond motifs is 1. The van der Waals surface area contributed by atoms with E-state index in [2.05, 4.69) is 15.3 Å². The monoisotopic (exact) mass is 349 g/mol. The maximum atomic E-state index is 11.5. The number of methoxy groups -OCH3 is 1. The minimum Gasteiger partial charge on any atom is -0.497 e. The lowest BCUT2D eigenvalue weighted by atomic mass is 10.1. The fourth-order valence-corrected chi connectivity index (χ4v) is 2.90. The van der Waals surface area contributed by atoms with Crippen molar-refractivity contribution in [1.82, 2.24) is 19.9 Å². The van der Waals surface area contributed by atoms with E-state index in [0.717, 1.165) is 22.9 Å². The lowest BCUT2D eigenvalue weighted by molar-refractivity contribution is 0.112. The van der Waals surface area contributed by atoms with Gasteiger partial charge in [-0.1, -0.05) is 12.1 Å². The Morgan fingerprint density at radius 1 is 1.23 bits per heavy atom. The van der Waals surface area contributed by atoms with Gasteiger partial charge in [0.1, 0.15) is 12.0 Å². The average Bonchev–Trinajstić information content (AvgIpc) is 3.25. The van der Waals surface area contributed by atoms with Crippen molar-refractivity contribution in [2.75, 3.05) is 12.8 Å². The molecule has 2 N–H and O–H groups in total. The molecule has 4 aromatic rings. The Balaban J connectivity index is 1.92. The van der Waals surface area contributed by atoms with E-state index in [4.69, 9.17) is 15.1 Å². The third-order valence-electron chi connectivity index (χ3n) is 4.19. The highest BCUT2D eigenvalue weighted by molar-refractivity contribution is 5.82. The number of carbonyl (C=O) groups excluding carboxylic acids is 1. The van der Waals surface area contributed by atoms with E-state index >= 15 is 0 Å². The van der Waals surface area contributed by atoms with E-state index in [9.17, 15) is 4.79 Å². The van der Waals surface area contributed by atoms with Crippen LogP contribution in [0.5, 0.6) is 5.75 Å². The van der Waals surface area contributed by atoms with Gasteiger partial charge in [-0.2, -0.15) is 0 Å². The Morgan fingerprint density at radius 3 is 2.81 bits per heavy atom. The number of ether oxygens (including phenoxy) is 1. The summed E-state index contributed by atoms with van der Waals surface area (Å²) in [6, 6.07) is 13.0. The molecule has 0 radical (unpaired) electrons. The van der Waals surface area contributed by atoms with Gasteiger partial charge in [0, 0.05) is 5.56 Å². The highest BCUT2D eigenvalue weighted by Gasteiger charge is 2.20. The predicted octanol–water partition coefficient (Wildman–Crippen LogP) is 2.54. The maximum Gasteiger partial charge on any atom is 0.199 e. The first kappa shape index (κ1) is 15.8. The van der Waals surface area contributed by atoms with Gasteiger partial charge in [-0.3, -0.25) is 4.79 Å². The first-order valence-electron chi connectivity index (χ1n) is 7.87. The van der Waals surface area contributed by atoms with Crippen LogP contribution < -0.4 is 10.5 Å². The number of para-hydroxylation sites is 2. The van der Waals surface area contributed by atoms with E-state index in [0.29, 0.717) is 29.4 Å². The number of nitrogens with zero attached hydrogens (tertiary/aromatic N) is 4. The van der Waals surface area contributed by atoms with Crippen LogP contribution in [0.15, 0.2) is 47.1 Å². The van der Waals surface area contributed by atoms with Crippen LogP contribution >= 0.6 is 0 Å². The van der Waals surface area contributed by atoms with Gasteiger partial charge in [0.2, 0.25) is 0 Å². The Bertz CT molecular complexity index is 1100. The van der Waals surface area contributed by atoms with Crippen LogP contribution in [-0.2, 0) is 6.54 Å². The Hall–Kier alpha value is -3.68. The van der Waals surface area contributed by atoms with Gasteiger partial charge in [0.05, 0.1) is 24.7 Å². The van der Waals surface area contributed by atoms with Crippen molar-refractivity contribution in [1.29, 1.82) is 0 Å². The first-order chi connectivity index (χ1) is 12.7. The van der Waals surface area contributed by atoms with Gasteiger partial charge in [-0.25, -0.2) is 9.61 Å². The zero-order valence-electron chi connectivity index (χ0n) is 13.9. The van der Waals surface area contributed by atoms with E-state index in [1.54, 1.807) is 19.2 Å². The van der Waals surface area contributed by atoms with Crippen LogP contribution in [-0.4, -0.2) is 33.3 Å². The number of carbonyl (C=O) groups is 1. The second kappa shape index (κ2) is 6.32. The SMILES string of the molecule is COc1ccc(C=O)c(Cn2c(-c3nonc3N)nc3ccccc32)c1. The van der Waals surface area contributed by atoms with Gasteiger partial charge in [0.25, 0.3) is 0 Å². The number of nitrogen functional groups attached to an aromatic ring is 1. The molecule has 26 heavy (non-hydrogen) atoms. The van der Waals surface area contributed by atoms with E-state index < -0.39 is 0 Å². The standard InChI is InChI=1S/C18H15N5O3/c1-25-13-7-6-11(10-24)12(8-13)9-23-15-5-3-2-4-14(15)20-18(23)16-17(19)22-26-21-16/h2-8,10H,9H2,1H3,(H2,19,22). The van der Waals surface area contributed by atoms with Gasteiger partial charge in [0.15, 0.2) is 17.3 Å². The van der Waals surface area contributed by atoms with E-state index in [1.807, 2.05) is 34.9 Å². The number of benzene rings is 2. The van der Waals surface area contributed by atoms with Gasteiger partial charge < -0.3 is 15.0 Å². The summed E-state index contributed by atoms with van der Waals surface area (Å²) in [5.41, 5.74) is 9.24. The topological polar surface area (TPSA) is 109 Å². The molecule has 2 heterocycles. The zero-order chi connectivity index (χ0) is 18.1. The quantitative estimate of drug-likeness (QED) is 0.551. The number of nitrogens with two attached hydrogens (primary N) is 1. The number of hydrogen-bond acceptors (Lipinski definition) is 7. The molecule has 2 aromatic carbocycles. The molecule has 0 saturated heterocycles. The molecule has 0 aliphatic rings. The lowest BCUT2D eigenvalue weighted by Gasteiger charge is -2.11. The molecule has 0 bridgehead atoms. The molecule has 0 unspecified atom stereocenters. The number of aldehydes is 1. The summed E-state index contributed by atoms with van der Waals surface area (Å²) in [6.45, 7) is 0.382. The molecule has 8 nitrogen and oxygen atoms in total. The van der Waals surface area contributed by atoms with Crippen molar-refractivity contribution in [3.8, 4) is 17.3 Å². The first-order valence-corrected chi connectivity index (χ1v) is 7.87. The molecule has 2 aromatic heterocycles. The highest BCUT2D eigenvalue weighted by atomic mass is 16.6. The minimum absolute atomic E-state index is 0.155. The van der Waals surface area contributed by atoms with Crippen LogP contribution in [0.1, 0.15) is 15.9 Å². The summed E-state index contributed by atoms with van der Waals surface area (Å²) >= 11 is 0. The van der Waals surface area contributed by atoms with Crippen molar-refractivity contribution in [2.24, 2.45) is 0 Å². The molecule has 130 valence electrons. The van der Waals surface area contributed by atoms with Crippen molar-refractivity contribution in [3.05, 3.63) is 53.6 Å². The van der Waals surface area contributed by atoms with Gasteiger partial charge in [-0.15, -0.1) is 0 Å². The summed E-state index contributed by atoms with van der Waals surface area (Å²) in [5.74, 6) is 1.34. The fourth-order valence-electron chi connectivity index (χ4n) is 2.90. The van der Waals surface area contributed by atoms with Crippen molar-refractivity contribution < 1.29 is 14.2 Å². The summed E-state index contributed by atoms with van der Waals surface area (Å²) in [6.07, 6.45) is 0.819. The molecule has 0 spiro atoms. The van der Waals surface area contributed by atoms with E-state index in [1.165, 1.54) is 0 Å². The molecule has 0 fully saturated rings. The number of anilines is 1. The smallest absolute Gasteiger partial charge is 0.199 e. The molecule has 8 heteroatoms. The summed E-state index contributed by atoms with van der Waals surface area (Å²) in [7, 11) is 1.58. The summed E-state index contributed by atoms with van der Waals surface area (Å²) in [4.78, 5) is 16.1. The zero-order valence-corrected chi connectivity index (χ0v) is 13.9. The van der Waals surface area contributed by atoms with Crippen LogP contribution in [0.2, 0.25) is 0 Å². The molecular formula is C18H15N5O3. The van der Waals surface area contributed by atoms with Gasteiger partial charge >= 0.3 is 0 Å². The molecule has 0 amide bonds. The maximum absolute atomic E-state index is 11.5. The van der Waals surface area contributed by atoms with Crippen LogP contribution in [0.3, 0.4) is 0 Å². The molecule has 4 rings (SSSR count). The molecule has 0 atom stereocenters. The predicted molar refractivity (Wildman–Crippen MR) is 94.9 cm³/mol. The third-order valence-corrected chi connectivity index (χ3v) is 4.19. The molecule has 0 aliphatic carbocycles. The molecular weight excluding hydrogens is 334 g/mol. The number of hydrogen-bond donors (Lipinski definition) is 1. The second-order valence-corrected chi connectivity index (χ2v) is 5.69. The number of aromatic nitrogens is 4.